The number of aryl methyl sites for hydroxylation is 1. The largest absolute Gasteiger partial charge is 0.373 e. The summed E-state index contributed by atoms with van der Waals surface area (Å²) in [5.74, 6) is 0.657. The van der Waals surface area contributed by atoms with Crippen molar-refractivity contribution in [2.24, 2.45) is 0 Å². The molecule has 15 heavy (non-hydrogen) atoms. The molecule has 1 aromatic heterocycles. The van der Waals surface area contributed by atoms with Gasteiger partial charge in [-0.15, -0.1) is 0 Å². The van der Waals surface area contributed by atoms with Crippen molar-refractivity contribution in [2.45, 2.75) is 32.8 Å². The Hall–Kier alpha value is -0.190. The Kier molecular flexibility index (Phi) is 4.96. The van der Waals surface area contributed by atoms with Crippen molar-refractivity contribution in [1.82, 2.24) is 9.97 Å². The van der Waals surface area contributed by atoms with E-state index < -0.39 is 0 Å². The molecule has 0 radical (unpaired) electrons. The number of nitrogens with zero attached hydrogens (tertiary/aromatic N) is 2. The fraction of sp³-hybridized carbons (Fsp3) is 0.600. The second-order valence-corrected chi connectivity index (χ2v) is 4.27. The average molecular weight is 294 g/mol. The van der Waals surface area contributed by atoms with Gasteiger partial charge in [-0.05, 0) is 28.8 Å². The van der Waals surface area contributed by atoms with Crippen molar-refractivity contribution < 1.29 is 4.74 Å². The molecule has 1 rings (SSSR count). The van der Waals surface area contributed by atoms with Crippen molar-refractivity contribution in [2.75, 3.05) is 7.11 Å². The van der Waals surface area contributed by atoms with E-state index in [2.05, 4.69) is 25.9 Å². The molecule has 0 fully saturated rings. The number of rotatable bonds is 4. The number of methoxy groups -OCH3 is 1. The van der Waals surface area contributed by atoms with Gasteiger partial charge in [-0.1, -0.05) is 25.4 Å². The molecule has 0 aliphatic carbocycles. The number of hydrogen-bond acceptors (Lipinski definition) is 3. The molecule has 3 nitrogen and oxygen atoms in total. The Labute approximate surface area is 103 Å². The molecular formula is C10H14BrClN2O. The third-order valence-electron chi connectivity index (χ3n) is 2.17. The van der Waals surface area contributed by atoms with Gasteiger partial charge in [-0.2, -0.15) is 0 Å². The van der Waals surface area contributed by atoms with Gasteiger partial charge in [0.2, 0.25) is 0 Å². The van der Waals surface area contributed by atoms with Gasteiger partial charge in [-0.3, -0.25) is 0 Å². The van der Waals surface area contributed by atoms with E-state index in [-0.39, 0.29) is 6.10 Å². The van der Waals surface area contributed by atoms with Gasteiger partial charge >= 0.3 is 0 Å². The monoisotopic (exact) mass is 292 g/mol. The maximum atomic E-state index is 6.00. The van der Waals surface area contributed by atoms with Crippen LogP contribution >= 0.6 is 27.5 Å². The van der Waals surface area contributed by atoms with Gasteiger partial charge in [0.25, 0.3) is 0 Å². The molecule has 84 valence electrons. The summed E-state index contributed by atoms with van der Waals surface area (Å²) < 4.78 is 6.06. The van der Waals surface area contributed by atoms with Crippen molar-refractivity contribution in [3.63, 3.8) is 0 Å². The molecule has 0 N–H and O–H groups in total. The second-order valence-electron chi connectivity index (χ2n) is 3.12. The molecular weight excluding hydrogens is 279 g/mol. The fourth-order valence-corrected chi connectivity index (χ4v) is 1.97. The molecule has 0 bridgehead atoms. The minimum Gasteiger partial charge on any atom is -0.373 e. The summed E-state index contributed by atoms with van der Waals surface area (Å²) in [5, 5.41) is 0.451. The lowest BCUT2D eigenvalue weighted by Gasteiger charge is -2.13. The van der Waals surface area contributed by atoms with Crippen LogP contribution in [-0.4, -0.2) is 17.1 Å². The van der Waals surface area contributed by atoms with Crippen LogP contribution in [0, 0.1) is 0 Å². The quantitative estimate of drug-likeness (QED) is 0.796. The summed E-state index contributed by atoms with van der Waals surface area (Å²) in [7, 11) is 1.65. The summed E-state index contributed by atoms with van der Waals surface area (Å²) in [6, 6.07) is 0. The normalized spacial score (nSPS) is 12.9. The lowest BCUT2D eigenvalue weighted by atomic mass is 10.2. The van der Waals surface area contributed by atoms with Crippen molar-refractivity contribution in [3.8, 4) is 0 Å². The molecule has 0 saturated heterocycles. The zero-order valence-electron chi connectivity index (χ0n) is 9.05. The standard InChI is InChI=1S/C10H14BrClN2O/c1-4-6-8(11)9(12)14-10(13-6)7(5-2)15-3/h7H,4-5H2,1-3H3. The zero-order valence-corrected chi connectivity index (χ0v) is 11.4. The van der Waals surface area contributed by atoms with E-state index in [1.54, 1.807) is 7.11 Å². The molecule has 1 aromatic rings. The molecule has 0 amide bonds. The summed E-state index contributed by atoms with van der Waals surface area (Å²) in [5.41, 5.74) is 0.917. The predicted octanol–water partition coefficient (Wildman–Crippen LogP) is 3.55. The summed E-state index contributed by atoms with van der Waals surface area (Å²) >= 11 is 9.37. The molecule has 0 saturated carbocycles. The van der Waals surface area contributed by atoms with Crippen LogP contribution in [0.25, 0.3) is 0 Å². The van der Waals surface area contributed by atoms with Crippen LogP contribution in [-0.2, 0) is 11.2 Å². The van der Waals surface area contributed by atoms with Crippen LogP contribution in [0.15, 0.2) is 4.47 Å². The number of aromatic nitrogens is 2. The van der Waals surface area contributed by atoms with E-state index in [1.165, 1.54) is 0 Å². The van der Waals surface area contributed by atoms with Crippen LogP contribution in [0.2, 0.25) is 5.15 Å². The third kappa shape index (κ3) is 2.89. The van der Waals surface area contributed by atoms with Gasteiger partial charge in [0.1, 0.15) is 11.3 Å². The first-order valence-electron chi connectivity index (χ1n) is 4.88. The number of hydrogen-bond donors (Lipinski definition) is 0. The molecule has 0 spiro atoms. The highest BCUT2D eigenvalue weighted by atomic mass is 79.9. The molecule has 0 aliphatic heterocycles. The van der Waals surface area contributed by atoms with Crippen molar-refractivity contribution >= 4 is 27.5 Å². The molecule has 1 unspecified atom stereocenters. The Bertz CT molecular complexity index is 342. The number of halogens is 2. The summed E-state index contributed by atoms with van der Waals surface area (Å²) in [6.45, 7) is 4.06. The Morgan fingerprint density at radius 2 is 2.07 bits per heavy atom. The first kappa shape index (κ1) is 12.9. The minimum absolute atomic E-state index is 0.0825. The van der Waals surface area contributed by atoms with Crippen LogP contribution in [0.5, 0.6) is 0 Å². The molecule has 5 heteroatoms. The Morgan fingerprint density at radius 1 is 1.40 bits per heavy atom. The van der Waals surface area contributed by atoms with E-state index in [9.17, 15) is 0 Å². The van der Waals surface area contributed by atoms with E-state index >= 15 is 0 Å². The van der Waals surface area contributed by atoms with Crippen LogP contribution in [0.3, 0.4) is 0 Å². The highest BCUT2D eigenvalue weighted by molar-refractivity contribution is 9.10. The molecule has 0 aromatic carbocycles. The Balaban J connectivity index is 3.15. The molecule has 1 heterocycles. The molecule has 1 atom stereocenters. The highest BCUT2D eigenvalue weighted by Gasteiger charge is 2.16. The maximum Gasteiger partial charge on any atom is 0.159 e. The van der Waals surface area contributed by atoms with Gasteiger partial charge in [-0.25, -0.2) is 9.97 Å². The highest BCUT2D eigenvalue weighted by Crippen LogP contribution is 2.27. The first-order valence-corrected chi connectivity index (χ1v) is 6.05. The van der Waals surface area contributed by atoms with E-state index in [0.29, 0.717) is 11.0 Å². The van der Waals surface area contributed by atoms with E-state index in [4.69, 9.17) is 16.3 Å². The Morgan fingerprint density at radius 3 is 2.53 bits per heavy atom. The second kappa shape index (κ2) is 5.77. The fourth-order valence-electron chi connectivity index (χ4n) is 1.31. The SMILES string of the molecule is CCc1nc(C(CC)OC)nc(Cl)c1Br. The first-order chi connectivity index (χ1) is 7.13. The number of ether oxygens (including phenoxy) is 1. The lowest BCUT2D eigenvalue weighted by Crippen LogP contribution is -2.08. The topological polar surface area (TPSA) is 35.0 Å². The summed E-state index contributed by atoms with van der Waals surface area (Å²) in [4.78, 5) is 8.63. The van der Waals surface area contributed by atoms with E-state index in [1.807, 2.05) is 13.8 Å². The van der Waals surface area contributed by atoms with Gasteiger partial charge in [0, 0.05) is 7.11 Å². The average Bonchev–Trinajstić information content (AvgIpc) is 2.24. The van der Waals surface area contributed by atoms with Gasteiger partial charge in [0.05, 0.1) is 10.2 Å². The van der Waals surface area contributed by atoms with Gasteiger partial charge < -0.3 is 4.74 Å². The maximum absolute atomic E-state index is 6.00. The smallest absolute Gasteiger partial charge is 0.159 e. The van der Waals surface area contributed by atoms with Crippen LogP contribution in [0.4, 0.5) is 0 Å². The van der Waals surface area contributed by atoms with Crippen LogP contribution < -0.4 is 0 Å². The third-order valence-corrected chi connectivity index (χ3v) is 3.51. The molecule has 0 aliphatic rings. The lowest BCUT2D eigenvalue weighted by molar-refractivity contribution is 0.0923. The zero-order chi connectivity index (χ0) is 11.4. The van der Waals surface area contributed by atoms with Crippen molar-refractivity contribution in [3.05, 3.63) is 21.1 Å². The van der Waals surface area contributed by atoms with Crippen LogP contribution in [0.1, 0.15) is 37.9 Å². The van der Waals surface area contributed by atoms with Gasteiger partial charge in [0.15, 0.2) is 5.82 Å². The van der Waals surface area contributed by atoms with E-state index in [0.717, 1.165) is 23.0 Å². The van der Waals surface area contributed by atoms with Crippen molar-refractivity contribution in [1.29, 1.82) is 0 Å². The minimum atomic E-state index is -0.0825. The summed E-state index contributed by atoms with van der Waals surface area (Å²) in [6.07, 6.45) is 1.56. The predicted molar refractivity (Wildman–Crippen MR) is 64.2 cm³/mol.